The third-order valence-electron chi connectivity index (χ3n) is 2.81. The minimum atomic E-state index is -0.401. The van der Waals surface area contributed by atoms with Crippen LogP contribution in [0.4, 0.5) is 10.1 Å². The highest BCUT2D eigenvalue weighted by atomic mass is 19.1. The van der Waals surface area contributed by atoms with Crippen LogP contribution in [0.2, 0.25) is 0 Å². The molecule has 0 N–H and O–H groups in total. The summed E-state index contributed by atoms with van der Waals surface area (Å²) < 4.78 is 18.1. The summed E-state index contributed by atoms with van der Waals surface area (Å²) in [6, 6.07) is 4.46. The van der Waals surface area contributed by atoms with Crippen molar-refractivity contribution in [2.24, 2.45) is 0 Å². The second-order valence-corrected chi connectivity index (χ2v) is 3.59. The maximum atomic E-state index is 13.4. The molecule has 1 aliphatic rings. The average Bonchev–Trinajstić information content (AvgIpc) is 2.57. The summed E-state index contributed by atoms with van der Waals surface area (Å²) in [4.78, 5) is 13.2. The van der Waals surface area contributed by atoms with Crippen molar-refractivity contribution in [3.63, 3.8) is 0 Å². The minimum Gasteiger partial charge on any atom is -0.467 e. The second kappa shape index (κ2) is 3.53. The molecule has 1 unspecified atom stereocenters. The maximum absolute atomic E-state index is 13.4. The van der Waals surface area contributed by atoms with Gasteiger partial charge in [-0.05, 0) is 12.1 Å². The predicted octanol–water partition coefficient (Wildman–Crippen LogP) is 1.36. The van der Waals surface area contributed by atoms with Gasteiger partial charge >= 0.3 is 5.97 Å². The Balaban J connectivity index is 2.37. The van der Waals surface area contributed by atoms with Crippen LogP contribution in [0.15, 0.2) is 18.2 Å². The van der Waals surface area contributed by atoms with E-state index in [2.05, 4.69) is 4.74 Å². The van der Waals surface area contributed by atoms with Crippen LogP contribution in [0.3, 0.4) is 0 Å². The van der Waals surface area contributed by atoms with Gasteiger partial charge in [-0.25, -0.2) is 9.18 Å². The number of nitrogens with zero attached hydrogens (tertiary/aromatic N) is 1. The first-order valence-electron chi connectivity index (χ1n) is 4.73. The zero-order chi connectivity index (χ0) is 11.0. The van der Waals surface area contributed by atoms with E-state index in [1.807, 2.05) is 0 Å². The Labute approximate surface area is 87.5 Å². The van der Waals surface area contributed by atoms with E-state index in [1.54, 1.807) is 24.1 Å². The smallest absolute Gasteiger partial charge is 0.328 e. The highest BCUT2D eigenvalue weighted by Gasteiger charge is 2.34. The number of hydrogen-bond acceptors (Lipinski definition) is 3. The van der Waals surface area contributed by atoms with E-state index in [-0.39, 0.29) is 11.8 Å². The molecule has 0 bridgehead atoms. The number of methoxy groups -OCH3 is 1. The van der Waals surface area contributed by atoms with Crippen molar-refractivity contribution in [3.05, 3.63) is 29.6 Å². The Morgan fingerprint density at radius 1 is 1.60 bits per heavy atom. The fraction of sp³-hybridized carbons (Fsp3) is 0.364. The molecule has 1 aliphatic heterocycles. The second-order valence-electron chi connectivity index (χ2n) is 3.59. The van der Waals surface area contributed by atoms with Gasteiger partial charge in [0.2, 0.25) is 0 Å². The van der Waals surface area contributed by atoms with E-state index in [4.69, 9.17) is 0 Å². The fourth-order valence-electron chi connectivity index (χ4n) is 1.96. The fourth-order valence-corrected chi connectivity index (χ4v) is 1.96. The van der Waals surface area contributed by atoms with Crippen molar-refractivity contribution in [2.45, 2.75) is 12.5 Å². The largest absolute Gasteiger partial charge is 0.467 e. The average molecular weight is 209 g/mol. The van der Waals surface area contributed by atoms with E-state index >= 15 is 0 Å². The number of anilines is 1. The molecular weight excluding hydrogens is 197 g/mol. The van der Waals surface area contributed by atoms with Gasteiger partial charge in [-0.2, -0.15) is 0 Å². The van der Waals surface area contributed by atoms with Crippen molar-refractivity contribution in [1.82, 2.24) is 0 Å². The molecule has 1 aromatic carbocycles. The normalized spacial score (nSPS) is 18.9. The van der Waals surface area contributed by atoms with Crippen molar-refractivity contribution in [3.8, 4) is 0 Å². The molecule has 0 fully saturated rings. The first-order valence-corrected chi connectivity index (χ1v) is 4.73. The number of ether oxygens (including phenoxy) is 1. The molecule has 1 aromatic rings. The Bertz CT molecular complexity index is 406. The van der Waals surface area contributed by atoms with Crippen LogP contribution in [0.5, 0.6) is 0 Å². The molecule has 15 heavy (non-hydrogen) atoms. The van der Waals surface area contributed by atoms with Gasteiger partial charge in [-0.3, -0.25) is 0 Å². The summed E-state index contributed by atoms with van der Waals surface area (Å²) in [5.74, 6) is -0.584. The molecule has 0 radical (unpaired) electrons. The van der Waals surface area contributed by atoms with Gasteiger partial charge in [-0.15, -0.1) is 0 Å². The van der Waals surface area contributed by atoms with Crippen molar-refractivity contribution in [1.29, 1.82) is 0 Å². The zero-order valence-electron chi connectivity index (χ0n) is 8.66. The molecule has 0 aromatic heterocycles. The molecule has 3 nitrogen and oxygen atoms in total. The minimum absolute atomic E-state index is 0.259. The van der Waals surface area contributed by atoms with Crippen molar-refractivity contribution in [2.75, 3.05) is 19.1 Å². The third-order valence-corrected chi connectivity index (χ3v) is 2.81. The molecule has 2 rings (SSSR count). The molecule has 1 atom stereocenters. The molecule has 1 heterocycles. The molecule has 0 spiro atoms. The van der Waals surface area contributed by atoms with Crippen LogP contribution in [-0.4, -0.2) is 26.2 Å². The lowest BCUT2D eigenvalue weighted by molar-refractivity contribution is -0.141. The number of carbonyl (C=O) groups is 1. The molecular formula is C11H12FNO2. The predicted molar refractivity (Wildman–Crippen MR) is 54.3 cm³/mol. The lowest BCUT2D eigenvalue weighted by Gasteiger charge is -2.19. The first kappa shape index (κ1) is 9.96. The van der Waals surface area contributed by atoms with E-state index in [9.17, 15) is 9.18 Å². The van der Waals surface area contributed by atoms with Crippen LogP contribution >= 0.6 is 0 Å². The maximum Gasteiger partial charge on any atom is 0.328 e. The van der Waals surface area contributed by atoms with Crippen LogP contribution in [0, 0.1) is 5.82 Å². The summed E-state index contributed by atoms with van der Waals surface area (Å²) in [6.45, 7) is 0. The lowest BCUT2D eigenvalue weighted by Crippen LogP contribution is -2.36. The van der Waals surface area contributed by atoms with Gasteiger partial charge in [0.05, 0.1) is 7.11 Å². The molecule has 0 aliphatic carbocycles. The van der Waals surface area contributed by atoms with Gasteiger partial charge in [0.1, 0.15) is 11.9 Å². The molecule has 4 heteroatoms. The van der Waals surface area contributed by atoms with E-state index in [1.165, 1.54) is 13.2 Å². The number of benzene rings is 1. The summed E-state index contributed by atoms with van der Waals surface area (Å²) in [5.41, 5.74) is 1.36. The van der Waals surface area contributed by atoms with Gasteiger partial charge in [0, 0.05) is 24.7 Å². The van der Waals surface area contributed by atoms with Gasteiger partial charge in [0.25, 0.3) is 0 Å². The summed E-state index contributed by atoms with van der Waals surface area (Å²) >= 11 is 0. The number of rotatable bonds is 1. The summed E-state index contributed by atoms with van der Waals surface area (Å²) in [7, 11) is 3.11. The number of esters is 1. The van der Waals surface area contributed by atoms with Crippen LogP contribution in [0.1, 0.15) is 5.56 Å². The highest BCUT2D eigenvalue weighted by molar-refractivity contribution is 5.83. The van der Waals surface area contributed by atoms with Crippen LogP contribution in [-0.2, 0) is 16.0 Å². The Hall–Kier alpha value is -1.58. The van der Waals surface area contributed by atoms with Crippen molar-refractivity contribution >= 4 is 11.7 Å². The number of fused-ring (bicyclic) bond motifs is 1. The summed E-state index contributed by atoms with van der Waals surface area (Å²) in [6.07, 6.45) is 0.380. The summed E-state index contributed by atoms with van der Waals surface area (Å²) in [5, 5.41) is 0. The van der Waals surface area contributed by atoms with E-state index in [0.717, 1.165) is 5.69 Å². The van der Waals surface area contributed by atoms with Gasteiger partial charge < -0.3 is 9.64 Å². The molecule has 80 valence electrons. The third kappa shape index (κ3) is 1.46. The first-order chi connectivity index (χ1) is 7.15. The van der Waals surface area contributed by atoms with E-state index in [0.29, 0.717) is 12.0 Å². The number of halogens is 1. The quantitative estimate of drug-likeness (QED) is 0.654. The van der Waals surface area contributed by atoms with E-state index < -0.39 is 6.04 Å². The Morgan fingerprint density at radius 2 is 2.33 bits per heavy atom. The number of hydrogen-bond donors (Lipinski definition) is 0. The number of carbonyl (C=O) groups excluding carboxylic acids is 1. The highest BCUT2D eigenvalue weighted by Crippen LogP contribution is 2.32. The zero-order valence-corrected chi connectivity index (χ0v) is 8.66. The monoisotopic (exact) mass is 209 g/mol. The van der Waals surface area contributed by atoms with Crippen molar-refractivity contribution < 1.29 is 13.9 Å². The number of likely N-dealkylation sites (N-methyl/N-ethyl adjacent to an activating group) is 1. The Morgan fingerprint density at radius 3 is 2.93 bits per heavy atom. The lowest BCUT2D eigenvalue weighted by atomic mass is 10.1. The van der Waals surface area contributed by atoms with Gasteiger partial charge in [-0.1, -0.05) is 6.07 Å². The topological polar surface area (TPSA) is 29.5 Å². The standard InChI is InChI=1S/C11H12FNO2/c1-13-9-5-3-4-8(12)7(9)6-10(13)11(14)15-2/h3-5,10H,6H2,1-2H3. The van der Waals surface area contributed by atoms with Crippen LogP contribution < -0.4 is 4.90 Å². The molecule has 0 saturated carbocycles. The van der Waals surface area contributed by atoms with Crippen LogP contribution in [0.25, 0.3) is 0 Å². The Kier molecular flexibility index (Phi) is 2.34. The molecule has 0 amide bonds. The molecule has 0 saturated heterocycles. The van der Waals surface area contributed by atoms with Gasteiger partial charge in [0.15, 0.2) is 0 Å². The SMILES string of the molecule is COC(=O)C1Cc2c(F)cccc2N1C.